The normalized spacial score (nSPS) is 11.0. The van der Waals surface area contributed by atoms with Crippen LogP contribution in [0.1, 0.15) is 21.5 Å². The minimum absolute atomic E-state index is 0.104. The molecule has 1 amide bonds. The number of hydrogen-bond acceptors (Lipinski definition) is 5. The number of benzene rings is 4. The lowest BCUT2D eigenvalue weighted by Crippen LogP contribution is -2.17. The lowest BCUT2D eigenvalue weighted by atomic mass is 10.1. The van der Waals surface area contributed by atoms with E-state index in [2.05, 4.69) is 10.5 Å². The molecule has 172 valence electrons. The molecule has 0 aliphatic heterocycles. The molecule has 0 aliphatic carbocycles. The second kappa shape index (κ2) is 10.2. The van der Waals surface area contributed by atoms with Gasteiger partial charge in [-0.1, -0.05) is 48.0 Å². The SMILES string of the molecule is COc1cc(C=NNC(=O)c2cc3ccccc3cc2O)cc(Cl)c1OCc1cccc(F)c1. The molecule has 0 fully saturated rings. The number of rotatable bonds is 7. The molecule has 6 nitrogen and oxygen atoms in total. The molecular formula is C26H20ClFN2O4. The van der Waals surface area contributed by atoms with Gasteiger partial charge < -0.3 is 14.6 Å². The van der Waals surface area contributed by atoms with Crippen molar-refractivity contribution in [1.29, 1.82) is 0 Å². The molecule has 0 unspecified atom stereocenters. The van der Waals surface area contributed by atoms with Gasteiger partial charge in [-0.15, -0.1) is 0 Å². The number of carbonyl (C=O) groups excluding carboxylic acids is 1. The van der Waals surface area contributed by atoms with Gasteiger partial charge >= 0.3 is 0 Å². The van der Waals surface area contributed by atoms with E-state index in [1.807, 2.05) is 24.3 Å². The molecule has 0 heterocycles. The average Bonchev–Trinajstić information content (AvgIpc) is 2.82. The topological polar surface area (TPSA) is 80.2 Å². The molecule has 0 spiro atoms. The van der Waals surface area contributed by atoms with Crippen molar-refractivity contribution in [3.8, 4) is 17.2 Å². The Labute approximate surface area is 200 Å². The van der Waals surface area contributed by atoms with Gasteiger partial charge in [0.15, 0.2) is 11.5 Å². The summed E-state index contributed by atoms with van der Waals surface area (Å²) in [7, 11) is 1.46. The Balaban J connectivity index is 1.47. The monoisotopic (exact) mass is 478 g/mol. The predicted octanol–water partition coefficient (Wildman–Crippen LogP) is 5.69. The van der Waals surface area contributed by atoms with Gasteiger partial charge in [0.05, 0.1) is 23.9 Å². The number of phenols is 1. The summed E-state index contributed by atoms with van der Waals surface area (Å²) in [6, 6.07) is 19.8. The third-order valence-corrected chi connectivity index (χ3v) is 5.29. The molecular weight excluding hydrogens is 459 g/mol. The number of fused-ring (bicyclic) bond motifs is 1. The fraction of sp³-hybridized carbons (Fsp3) is 0.0769. The molecule has 0 saturated heterocycles. The zero-order valence-corrected chi connectivity index (χ0v) is 18.8. The lowest BCUT2D eigenvalue weighted by Gasteiger charge is -2.13. The Bertz CT molecular complexity index is 1390. The first-order chi connectivity index (χ1) is 16.4. The van der Waals surface area contributed by atoms with E-state index in [4.69, 9.17) is 21.1 Å². The molecule has 4 rings (SSSR count). The first kappa shape index (κ1) is 23.1. The number of carbonyl (C=O) groups is 1. The highest BCUT2D eigenvalue weighted by Crippen LogP contribution is 2.36. The van der Waals surface area contributed by atoms with Crippen molar-refractivity contribution in [2.75, 3.05) is 7.11 Å². The minimum atomic E-state index is -0.562. The third-order valence-electron chi connectivity index (χ3n) is 5.01. The number of nitrogens with one attached hydrogen (secondary N) is 1. The summed E-state index contributed by atoms with van der Waals surface area (Å²) in [5.74, 6) is -0.409. The second-order valence-corrected chi connectivity index (χ2v) is 7.78. The standard InChI is InChI=1S/C26H20ClFN2O4/c1-33-24-11-17(10-22(27)25(24)34-15-16-5-4-8-20(28)9-16)14-29-30-26(32)21-12-18-6-2-3-7-19(18)13-23(21)31/h2-14,31H,15H2,1H3,(H,30,32). The molecule has 0 atom stereocenters. The number of hydrazone groups is 1. The number of hydrogen-bond donors (Lipinski definition) is 2. The number of halogens is 2. The fourth-order valence-electron chi connectivity index (χ4n) is 3.37. The van der Waals surface area contributed by atoms with E-state index in [1.165, 1.54) is 31.5 Å². The molecule has 0 radical (unpaired) electrons. The van der Waals surface area contributed by atoms with Crippen LogP contribution in [0, 0.1) is 5.82 Å². The zero-order chi connectivity index (χ0) is 24.1. The summed E-state index contributed by atoms with van der Waals surface area (Å²) in [5.41, 5.74) is 3.69. The van der Waals surface area contributed by atoms with Crippen LogP contribution in [0.2, 0.25) is 5.02 Å². The number of amides is 1. The van der Waals surface area contributed by atoms with Crippen LogP contribution in [0.25, 0.3) is 10.8 Å². The summed E-state index contributed by atoms with van der Waals surface area (Å²) in [6.07, 6.45) is 1.39. The van der Waals surface area contributed by atoms with E-state index in [0.717, 1.165) is 10.8 Å². The molecule has 2 N–H and O–H groups in total. The molecule has 0 bridgehead atoms. The Morgan fingerprint density at radius 3 is 2.59 bits per heavy atom. The average molecular weight is 479 g/mol. The Hall–Kier alpha value is -4.10. The third kappa shape index (κ3) is 5.27. The lowest BCUT2D eigenvalue weighted by molar-refractivity contribution is 0.0952. The Morgan fingerprint density at radius 1 is 1.09 bits per heavy atom. The number of ether oxygens (including phenoxy) is 2. The minimum Gasteiger partial charge on any atom is -0.507 e. The van der Waals surface area contributed by atoms with E-state index >= 15 is 0 Å². The fourth-order valence-corrected chi connectivity index (χ4v) is 3.65. The first-order valence-electron chi connectivity index (χ1n) is 10.2. The highest BCUT2D eigenvalue weighted by Gasteiger charge is 2.14. The first-order valence-corrected chi connectivity index (χ1v) is 10.6. The van der Waals surface area contributed by atoms with Crippen LogP contribution in [0.4, 0.5) is 4.39 Å². The van der Waals surface area contributed by atoms with Crippen molar-refractivity contribution < 1.29 is 23.8 Å². The van der Waals surface area contributed by atoms with E-state index in [-0.39, 0.29) is 28.8 Å². The van der Waals surface area contributed by atoms with Gasteiger partial charge in [-0.25, -0.2) is 9.82 Å². The zero-order valence-electron chi connectivity index (χ0n) is 18.1. The summed E-state index contributed by atoms with van der Waals surface area (Å²) < 4.78 is 24.5. The quantitative estimate of drug-likeness (QED) is 0.264. The van der Waals surface area contributed by atoms with Crippen molar-refractivity contribution >= 4 is 34.5 Å². The maximum absolute atomic E-state index is 13.4. The Morgan fingerprint density at radius 2 is 1.85 bits per heavy atom. The van der Waals surface area contributed by atoms with Gasteiger partial charge in [0.1, 0.15) is 18.2 Å². The number of phenolic OH excluding ortho intramolecular Hbond substituents is 1. The summed E-state index contributed by atoms with van der Waals surface area (Å²) >= 11 is 6.36. The van der Waals surface area contributed by atoms with Crippen molar-refractivity contribution in [2.45, 2.75) is 6.61 Å². The molecule has 8 heteroatoms. The highest BCUT2D eigenvalue weighted by atomic mass is 35.5. The van der Waals surface area contributed by atoms with Crippen LogP contribution in [0.15, 0.2) is 77.9 Å². The molecule has 4 aromatic rings. The van der Waals surface area contributed by atoms with E-state index in [0.29, 0.717) is 22.6 Å². The Kier molecular flexibility index (Phi) is 6.94. The van der Waals surface area contributed by atoms with Crippen LogP contribution in [-0.2, 0) is 6.61 Å². The van der Waals surface area contributed by atoms with Crippen LogP contribution in [0.3, 0.4) is 0 Å². The van der Waals surface area contributed by atoms with Gasteiger partial charge in [0.25, 0.3) is 5.91 Å². The predicted molar refractivity (Wildman–Crippen MR) is 129 cm³/mol. The maximum atomic E-state index is 13.4. The molecule has 0 aliphatic rings. The van der Waals surface area contributed by atoms with Crippen LogP contribution in [0.5, 0.6) is 17.2 Å². The molecule has 34 heavy (non-hydrogen) atoms. The van der Waals surface area contributed by atoms with Crippen molar-refractivity contribution in [3.05, 3.63) is 100 Å². The van der Waals surface area contributed by atoms with Crippen LogP contribution in [-0.4, -0.2) is 24.3 Å². The number of methoxy groups -OCH3 is 1. The summed E-state index contributed by atoms with van der Waals surface area (Å²) in [6.45, 7) is 0.104. The maximum Gasteiger partial charge on any atom is 0.275 e. The number of aromatic hydroxyl groups is 1. The van der Waals surface area contributed by atoms with Gasteiger partial charge in [-0.3, -0.25) is 4.79 Å². The van der Waals surface area contributed by atoms with Crippen molar-refractivity contribution in [3.63, 3.8) is 0 Å². The summed E-state index contributed by atoms with van der Waals surface area (Å²) in [4.78, 5) is 12.5. The van der Waals surface area contributed by atoms with E-state index in [1.54, 1.807) is 30.3 Å². The number of nitrogens with zero attached hydrogens (tertiary/aromatic N) is 1. The van der Waals surface area contributed by atoms with Crippen LogP contribution >= 0.6 is 11.6 Å². The van der Waals surface area contributed by atoms with Crippen molar-refractivity contribution in [1.82, 2.24) is 5.43 Å². The van der Waals surface area contributed by atoms with Crippen LogP contribution < -0.4 is 14.9 Å². The smallest absolute Gasteiger partial charge is 0.275 e. The van der Waals surface area contributed by atoms with Gasteiger partial charge in [0, 0.05) is 0 Å². The van der Waals surface area contributed by atoms with E-state index < -0.39 is 5.91 Å². The molecule has 0 aromatic heterocycles. The van der Waals surface area contributed by atoms with Gasteiger partial charge in [-0.05, 0) is 58.3 Å². The van der Waals surface area contributed by atoms with Gasteiger partial charge in [0.2, 0.25) is 0 Å². The molecule has 0 saturated carbocycles. The van der Waals surface area contributed by atoms with Crippen molar-refractivity contribution in [2.24, 2.45) is 5.10 Å². The summed E-state index contributed by atoms with van der Waals surface area (Å²) in [5, 5.41) is 16.1. The van der Waals surface area contributed by atoms with Gasteiger partial charge in [-0.2, -0.15) is 5.10 Å². The molecule has 4 aromatic carbocycles. The largest absolute Gasteiger partial charge is 0.507 e. The highest BCUT2D eigenvalue weighted by molar-refractivity contribution is 6.32. The second-order valence-electron chi connectivity index (χ2n) is 7.37. The van der Waals surface area contributed by atoms with E-state index in [9.17, 15) is 14.3 Å².